The molecule has 0 aromatic heterocycles. The van der Waals surface area contributed by atoms with Gasteiger partial charge in [0.2, 0.25) is 0 Å². The van der Waals surface area contributed by atoms with Gasteiger partial charge in [-0.05, 0) is 46.6 Å². The van der Waals surface area contributed by atoms with Crippen LogP contribution in [-0.2, 0) is 14.3 Å². The molecule has 106 valence electrons. The van der Waals surface area contributed by atoms with E-state index in [1.165, 1.54) is 12.1 Å². The summed E-state index contributed by atoms with van der Waals surface area (Å²) in [6.45, 7) is 1.69. The highest BCUT2D eigenvalue weighted by Gasteiger charge is 2.35. The first-order chi connectivity index (χ1) is 9.45. The fraction of sp³-hybridized carbons (Fsp3) is 0.231. The average Bonchev–Trinajstić information content (AvgIpc) is 2.44. The summed E-state index contributed by atoms with van der Waals surface area (Å²) in [5, 5.41) is 1.76. The van der Waals surface area contributed by atoms with Gasteiger partial charge < -0.3 is 4.74 Å². The highest BCUT2D eigenvalue weighted by molar-refractivity contribution is 9.12. The number of nitrogens with one attached hydrogen (secondary N) is 1. The van der Waals surface area contributed by atoms with Crippen LogP contribution in [0, 0.1) is 0 Å². The van der Waals surface area contributed by atoms with Crippen LogP contribution in [-0.4, -0.2) is 25.0 Å². The Balaban J connectivity index is 2.42. The molecule has 7 heteroatoms. The molecule has 5 nitrogen and oxygen atoms in total. The predicted octanol–water partition coefficient (Wildman–Crippen LogP) is 2.40. The maximum absolute atomic E-state index is 12.3. The lowest BCUT2D eigenvalue weighted by Gasteiger charge is -2.33. The Bertz CT molecular complexity index is 603. The quantitative estimate of drug-likeness (QED) is 0.824. The number of halogens is 2. The summed E-state index contributed by atoms with van der Waals surface area (Å²) in [6, 6.07) is 6.03. The first kappa shape index (κ1) is 15.0. The zero-order chi connectivity index (χ0) is 14.9. The van der Waals surface area contributed by atoms with E-state index in [-0.39, 0.29) is 5.91 Å². The van der Waals surface area contributed by atoms with E-state index in [0.717, 1.165) is 0 Å². The summed E-state index contributed by atoms with van der Waals surface area (Å²) in [5.41, 5.74) is 3.95. The van der Waals surface area contributed by atoms with Crippen molar-refractivity contribution >= 4 is 45.1 Å². The van der Waals surface area contributed by atoms with Gasteiger partial charge in [-0.1, -0.05) is 17.7 Å². The SMILES string of the molecule is COC(=O)C1NN(c2cccc(Cl)c2)C(=O)C(Br)=C1C. The number of hydrogen-bond acceptors (Lipinski definition) is 4. The fourth-order valence-electron chi connectivity index (χ4n) is 1.83. The lowest BCUT2D eigenvalue weighted by molar-refractivity contribution is -0.142. The Morgan fingerprint density at radius 1 is 1.50 bits per heavy atom. The maximum atomic E-state index is 12.3. The molecule has 1 aliphatic rings. The monoisotopic (exact) mass is 358 g/mol. The van der Waals surface area contributed by atoms with Crippen LogP contribution in [0.5, 0.6) is 0 Å². The number of hydrogen-bond donors (Lipinski definition) is 1. The number of ether oxygens (including phenoxy) is 1. The normalized spacial score (nSPS) is 19.3. The molecule has 1 aliphatic heterocycles. The van der Waals surface area contributed by atoms with Gasteiger partial charge in [0.15, 0.2) is 0 Å². The molecule has 1 aromatic rings. The first-order valence-corrected chi connectivity index (χ1v) is 6.93. The molecule has 1 atom stereocenters. The number of amides is 1. The molecule has 0 saturated heterocycles. The van der Waals surface area contributed by atoms with Crippen molar-refractivity contribution in [1.29, 1.82) is 0 Å². The summed E-state index contributed by atoms with van der Waals surface area (Å²) in [5.74, 6) is -0.774. The van der Waals surface area contributed by atoms with Crippen LogP contribution in [0.1, 0.15) is 6.92 Å². The second kappa shape index (κ2) is 5.95. The molecule has 2 rings (SSSR count). The summed E-state index contributed by atoms with van der Waals surface area (Å²) in [4.78, 5) is 24.0. The molecule has 0 aliphatic carbocycles. The molecule has 1 amide bonds. The summed E-state index contributed by atoms with van der Waals surface area (Å²) < 4.78 is 5.06. The zero-order valence-corrected chi connectivity index (χ0v) is 13.2. The molecule has 1 unspecified atom stereocenters. The van der Waals surface area contributed by atoms with E-state index >= 15 is 0 Å². The highest BCUT2D eigenvalue weighted by Crippen LogP contribution is 2.28. The molecular weight excluding hydrogens is 348 g/mol. The minimum absolute atomic E-state index is 0.301. The molecule has 0 saturated carbocycles. The van der Waals surface area contributed by atoms with Gasteiger partial charge in [0.05, 0.1) is 17.3 Å². The lowest BCUT2D eigenvalue weighted by Crippen LogP contribution is -2.56. The molecule has 1 aromatic carbocycles. The molecular formula is C13H12BrClN2O3. The Kier molecular flexibility index (Phi) is 4.47. The largest absolute Gasteiger partial charge is 0.468 e. The van der Waals surface area contributed by atoms with Crippen LogP contribution >= 0.6 is 27.5 Å². The summed E-state index contributed by atoms with van der Waals surface area (Å²) in [7, 11) is 1.30. The second-order valence-corrected chi connectivity index (χ2v) is 5.43. The van der Waals surface area contributed by atoms with Crippen molar-refractivity contribution in [2.75, 3.05) is 12.1 Å². The third-order valence-corrected chi connectivity index (χ3v) is 4.13. The van der Waals surface area contributed by atoms with E-state index < -0.39 is 12.0 Å². The van der Waals surface area contributed by atoms with Crippen molar-refractivity contribution in [3.63, 3.8) is 0 Å². The third kappa shape index (κ3) is 2.72. The third-order valence-electron chi connectivity index (χ3n) is 2.93. The van der Waals surface area contributed by atoms with Crippen LogP contribution in [0.3, 0.4) is 0 Å². The smallest absolute Gasteiger partial charge is 0.329 e. The molecule has 0 fully saturated rings. The van der Waals surface area contributed by atoms with Gasteiger partial charge in [0.1, 0.15) is 6.04 Å². The van der Waals surface area contributed by atoms with Crippen molar-refractivity contribution in [3.8, 4) is 0 Å². The van der Waals surface area contributed by atoms with Crippen molar-refractivity contribution < 1.29 is 14.3 Å². The Morgan fingerprint density at radius 3 is 2.80 bits per heavy atom. The number of anilines is 1. The average molecular weight is 360 g/mol. The van der Waals surface area contributed by atoms with Crippen LogP contribution < -0.4 is 10.4 Å². The number of hydrazine groups is 1. The molecule has 1 N–H and O–H groups in total. The van der Waals surface area contributed by atoms with Crippen molar-refractivity contribution in [2.45, 2.75) is 13.0 Å². The number of carbonyl (C=O) groups excluding carboxylic acids is 2. The van der Waals surface area contributed by atoms with Gasteiger partial charge in [0.25, 0.3) is 5.91 Å². The van der Waals surface area contributed by atoms with Crippen molar-refractivity contribution in [2.24, 2.45) is 0 Å². The van der Waals surface area contributed by atoms with Crippen molar-refractivity contribution in [3.05, 3.63) is 39.3 Å². The predicted molar refractivity (Wildman–Crippen MR) is 79.5 cm³/mol. The lowest BCUT2D eigenvalue weighted by atomic mass is 10.1. The van der Waals surface area contributed by atoms with E-state index in [4.69, 9.17) is 16.3 Å². The molecule has 0 bridgehead atoms. The van der Waals surface area contributed by atoms with Crippen LogP contribution in [0.2, 0.25) is 5.02 Å². The van der Waals surface area contributed by atoms with E-state index in [1.807, 2.05) is 0 Å². The Labute approximate surface area is 129 Å². The summed E-state index contributed by atoms with van der Waals surface area (Å²) >= 11 is 9.14. The molecule has 20 heavy (non-hydrogen) atoms. The minimum Gasteiger partial charge on any atom is -0.468 e. The Morgan fingerprint density at radius 2 is 2.20 bits per heavy atom. The minimum atomic E-state index is -0.731. The molecule has 1 heterocycles. The first-order valence-electron chi connectivity index (χ1n) is 5.76. The van der Waals surface area contributed by atoms with Crippen LogP contribution in [0.15, 0.2) is 34.3 Å². The second-order valence-electron chi connectivity index (χ2n) is 4.20. The fourth-order valence-corrected chi connectivity index (χ4v) is 2.42. The van der Waals surface area contributed by atoms with Gasteiger partial charge in [-0.2, -0.15) is 0 Å². The van der Waals surface area contributed by atoms with Crippen molar-refractivity contribution in [1.82, 2.24) is 5.43 Å². The zero-order valence-electron chi connectivity index (χ0n) is 10.8. The van der Waals surface area contributed by atoms with Crippen LogP contribution in [0.25, 0.3) is 0 Å². The number of carbonyl (C=O) groups is 2. The van der Waals surface area contributed by atoms with Gasteiger partial charge in [-0.25, -0.2) is 15.2 Å². The van der Waals surface area contributed by atoms with Gasteiger partial charge in [-0.15, -0.1) is 0 Å². The van der Waals surface area contributed by atoms with E-state index in [9.17, 15) is 9.59 Å². The van der Waals surface area contributed by atoms with Gasteiger partial charge in [0, 0.05) is 5.02 Å². The summed E-state index contributed by atoms with van der Waals surface area (Å²) in [6.07, 6.45) is 0. The van der Waals surface area contributed by atoms with E-state index in [1.54, 1.807) is 31.2 Å². The standard InChI is InChI=1S/C13H12BrClN2O3/c1-7-10(14)12(18)17(16-11(7)13(19)20-2)9-5-3-4-8(15)6-9/h3-6,11,16H,1-2H3. The van der Waals surface area contributed by atoms with Crippen LogP contribution in [0.4, 0.5) is 5.69 Å². The molecule has 0 spiro atoms. The maximum Gasteiger partial charge on any atom is 0.329 e. The van der Waals surface area contributed by atoms with Gasteiger partial charge in [-0.3, -0.25) is 4.79 Å². The van der Waals surface area contributed by atoms with E-state index in [2.05, 4.69) is 21.4 Å². The highest BCUT2D eigenvalue weighted by atomic mass is 79.9. The Hall–Kier alpha value is -1.37. The molecule has 0 radical (unpaired) electrons. The number of rotatable bonds is 2. The van der Waals surface area contributed by atoms with E-state index in [0.29, 0.717) is 20.8 Å². The van der Waals surface area contributed by atoms with Gasteiger partial charge >= 0.3 is 5.97 Å². The number of nitrogens with zero attached hydrogens (tertiary/aromatic N) is 1. The topological polar surface area (TPSA) is 58.6 Å². The number of methoxy groups -OCH3 is 1. The number of benzene rings is 1. The number of esters is 1.